The van der Waals surface area contributed by atoms with E-state index in [-0.39, 0.29) is 12.5 Å². The molecule has 0 bridgehead atoms. The van der Waals surface area contributed by atoms with Crippen molar-refractivity contribution in [1.29, 1.82) is 0 Å². The normalized spacial score (nSPS) is 20.8. The minimum atomic E-state index is -1.06. The van der Waals surface area contributed by atoms with Crippen LogP contribution in [0.25, 0.3) is 0 Å². The first kappa shape index (κ1) is 14.5. The molecule has 0 saturated carbocycles. The Morgan fingerprint density at radius 2 is 2.39 bits per heavy atom. The van der Waals surface area contributed by atoms with Gasteiger partial charge in [0, 0.05) is 13.2 Å². The van der Waals surface area contributed by atoms with E-state index in [4.69, 9.17) is 14.6 Å². The molecule has 0 spiro atoms. The number of amides is 1. The molecule has 1 heterocycles. The van der Waals surface area contributed by atoms with Crippen molar-refractivity contribution in [3.63, 3.8) is 0 Å². The summed E-state index contributed by atoms with van der Waals surface area (Å²) in [6.45, 7) is 4.74. The lowest BCUT2D eigenvalue weighted by molar-refractivity contribution is -0.140. The molecular formula is C12H19NO5. The summed E-state index contributed by atoms with van der Waals surface area (Å²) in [5.74, 6) is -0.893. The third kappa shape index (κ3) is 5.18. The van der Waals surface area contributed by atoms with E-state index in [2.05, 4.69) is 11.9 Å². The van der Waals surface area contributed by atoms with Crippen LogP contribution in [0.15, 0.2) is 12.7 Å². The van der Waals surface area contributed by atoms with E-state index in [1.165, 1.54) is 6.08 Å². The van der Waals surface area contributed by atoms with Crippen LogP contribution in [0.1, 0.15) is 19.3 Å². The van der Waals surface area contributed by atoms with Crippen molar-refractivity contribution in [2.24, 2.45) is 5.92 Å². The highest BCUT2D eigenvalue weighted by molar-refractivity contribution is 5.79. The van der Waals surface area contributed by atoms with Crippen molar-refractivity contribution in [2.75, 3.05) is 19.8 Å². The van der Waals surface area contributed by atoms with Crippen molar-refractivity contribution in [2.45, 2.75) is 25.3 Å². The molecule has 0 aliphatic carbocycles. The quantitative estimate of drug-likeness (QED) is 0.698. The highest BCUT2D eigenvalue weighted by Crippen LogP contribution is 2.19. The summed E-state index contributed by atoms with van der Waals surface area (Å²) in [5, 5.41) is 11.4. The molecule has 0 aromatic heterocycles. The molecule has 102 valence electrons. The summed E-state index contributed by atoms with van der Waals surface area (Å²) in [5.41, 5.74) is 0. The van der Waals surface area contributed by atoms with E-state index < -0.39 is 18.1 Å². The number of carboxylic acids is 1. The average Bonchev–Trinajstić information content (AvgIpc) is 2.36. The first-order valence-corrected chi connectivity index (χ1v) is 5.98. The van der Waals surface area contributed by atoms with Crippen LogP contribution < -0.4 is 5.32 Å². The molecule has 1 saturated heterocycles. The Morgan fingerprint density at radius 1 is 1.61 bits per heavy atom. The Kier molecular flexibility index (Phi) is 6.21. The number of hydrogen-bond donors (Lipinski definition) is 2. The van der Waals surface area contributed by atoms with Crippen LogP contribution >= 0.6 is 0 Å². The van der Waals surface area contributed by atoms with Gasteiger partial charge in [-0.3, -0.25) is 0 Å². The summed E-state index contributed by atoms with van der Waals surface area (Å²) in [7, 11) is 0. The first-order chi connectivity index (χ1) is 8.63. The molecule has 1 aliphatic rings. The highest BCUT2D eigenvalue weighted by Gasteiger charge is 2.26. The third-order valence-corrected chi connectivity index (χ3v) is 2.75. The topological polar surface area (TPSA) is 84.9 Å². The SMILES string of the molecule is C=CCOC(=O)NC(CC1CCCOC1)C(=O)O. The van der Waals surface area contributed by atoms with Gasteiger partial charge < -0.3 is 19.9 Å². The van der Waals surface area contributed by atoms with Crippen molar-refractivity contribution in [3.05, 3.63) is 12.7 Å². The van der Waals surface area contributed by atoms with Gasteiger partial charge in [-0.2, -0.15) is 0 Å². The van der Waals surface area contributed by atoms with Crippen molar-refractivity contribution >= 4 is 12.1 Å². The Morgan fingerprint density at radius 3 is 2.94 bits per heavy atom. The fourth-order valence-electron chi connectivity index (χ4n) is 1.87. The van der Waals surface area contributed by atoms with Crippen LogP contribution in [-0.2, 0) is 14.3 Å². The zero-order chi connectivity index (χ0) is 13.4. The maximum atomic E-state index is 11.3. The van der Waals surface area contributed by atoms with Gasteiger partial charge in [-0.05, 0) is 25.2 Å². The van der Waals surface area contributed by atoms with E-state index in [1.807, 2.05) is 0 Å². The predicted molar refractivity (Wildman–Crippen MR) is 64.3 cm³/mol. The van der Waals surface area contributed by atoms with Gasteiger partial charge in [-0.1, -0.05) is 12.7 Å². The van der Waals surface area contributed by atoms with E-state index in [9.17, 15) is 9.59 Å². The minimum Gasteiger partial charge on any atom is -0.480 e. The van der Waals surface area contributed by atoms with Gasteiger partial charge in [0.05, 0.1) is 0 Å². The standard InChI is InChI=1S/C12H19NO5/c1-2-5-18-12(16)13-10(11(14)15)7-9-4-3-6-17-8-9/h2,9-10H,1,3-8H2,(H,13,16)(H,14,15). The number of aliphatic carboxylic acids is 1. The van der Waals surface area contributed by atoms with E-state index >= 15 is 0 Å². The molecule has 0 radical (unpaired) electrons. The van der Waals surface area contributed by atoms with E-state index in [0.717, 1.165) is 19.4 Å². The van der Waals surface area contributed by atoms with Crippen LogP contribution in [-0.4, -0.2) is 43.0 Å². The number of carbonyl (C=O) groups is 2. The maximum Gasteiger partial charge on any atom is 0.408 e. The average molecular weight is 257 g/mol. The van der Waals surface area contributed by atoms with Crippen LogP contribution in [0.4, 0.5) is 4.79 Å². The number of carbonyl (C=O) groups excluding carboxylic acids is 1. The van der Waals surface area contributed by atoms with Crippen LogP contribution in [0, 0.1) is 5.92 Å². The number of alkyl carbamates (subject to hydrolysis) is 1. The smallest absolute Gasteiger partial charge is 0.408 e. The maximum absolute atomic E-state index is 11.3. The molecule has 1 rings (SSSR count). The summed E-state index contributed by atoms with van der Waals surface area (Å²) >= 11 is 0. The second-order valence-corrected chi connectivity index (χ2v) is 4.24. The number of hydrogen-bond acceptors (Lipinski definition) is 4. The summed E-state index contributed by atoms with van der Waals surface area (Å²) in [4.78, 5) is 22.3. The van der Waals surface area contributed by atoms with Gasteiger partial charge >= 0.3 is 12.1 Å². The number of nitrogens with one attached hydrogen (secondary N) is 1. The van der Waals surface area contributed by atoms with Gasteiger partial charge in [0.1, 0.15) is 12.6 Å². The molecule has 6 heteroatoms. The van der Waals surface area contributed by atoms with Gasteiger partial charge in [0.2, 0.25) is 0 Å². The molecule has 6 nitrogen and oxygen atoms in total. The van der Waals surface area contributed by atoms with Crippen LogP contribution in [0.2, 0.25) is 0 Å². The second-order valence-electron chi connectivity index (χ2n) is 4.24. The Balaban J connectivity index is 2.40. The predicted octanol–water partition coefficient (Wildman–Crippen LogP) is 1.17. The molecule has 0 aromatic rings. The van der Waals surface area contributed by atoms with Gasteiger partial charge in [0.15, 0.2) is 0 Å². The monoisotopic (exact) mass is 257 g/mol. The number of rotatable bonds is 6. The molecule has 2 N–H and O–H groups in total. The largest absolute Gasteiger partial charge is 0.480 e. The molecule has 1 aliphatic heterocycles. The fourth-order valence-corrected chi connectivity index (χ4v) is 1.87. The van der Waals surface area contributed by atoms with E-state index in [0.29, 0.717) is 13.0 Å². The summed E-state index contributed by atoms with van der Waals surface area (Å²) in [6.07, 6.45) is 2.90. The molecule has 18 heavy (non-hydrogen) atoms. The lowest BCUT2D eigenvalue weighted by Crippen LogP contribution is -2.43. The summed E-state index contributed by atoms with van der Waals surface area (Å²) < 4.78 is 9.98. The third-order valence-electron chi connectivity index (χ3n) is 2.75. The Hall–Kier alpha value is -1.56. The second kappa shape index (κ2) is 7.71. The molecular weight excluding hydrogens is 238 g/mol. The van der Waals surface area contributed by atoms with Gasteiger partial charge in [-0.25, -0.2) is 9.59 Å². The Labute approximate surface area is 106 Å². The molecule has 0 aromatic carbocycles. The molecule has 2 atom stereocenters. The lowest BCUT2D eigenvalue weighted by atomic mass is 9.94. The minimum absolute atomic E-state index is 0.0602. The van der Waals surface area contributed by atoms with Crippen molar-refractivity contribution in [1.82, 2.24) is 5.32 Å². The first-order valence-electron chi connectivity index (χ1n) is 5.98. The van der Waals surface area contributed by atoms with Crippen LogP contribution in [0.5, 0.6) is 0 Å². The Bertz CT molecular complexity index is 299. The number of ether oxygens (including phenoxy) is 2. The fraction of sp³-hybridized carbons (Fsp3) is 0.667. The van der Waals surface area contributed by atoms with Crippen molar-refractivity contribution in [3.8, 4) is 0 Å². The molecule has 2 unspecified atom stereocenters. The molecule has 1 fully saturated rings. The zero-order valence-electron chi connectivity index (χ0n) is 10.3. The van der Waals surface area contributed by atoms with Crippen LogP contribution in [0.3, 0.4) is 0 Å². The van der Waals surface area contributed by atoms with Crippen molar-refractivity contribution < 1.29 is 24.2 Å². The van der Waals surface area contributed by atoms with E-state index in [1.54, 1.807) is 0 Å². The molecule has 1 amide bonds. The number of carboxylic acid groups (broad SMARTS) is 1. The van der Waals surface area contributed by atoms with Gasteiger partial charge in [0.25, 0.3) is 0 Å². The lowest BCUT2D eigenvalue weighted by Gasteiger charge is -2.25. The van der Waals surface area contributed by atoms with Gasteiger partial charge in [-0.15, -0.1) is 0 Å². The highest BCUT2D eigenvalue weighted by atomic mass is 16.5. The zero-order valence-corrected chi connectivity index (χ0v) is 10.3. The summed E-state index contributed by atoms with van der Waals surface area (Å²) in [6, 6.07) is -0.936.